The van der Waals surface area contributed by atoms with E-state index in [0.29, 0.717) is 25.3 Å². The third kappa shape index (κ3) is 7.55. The second kappa shape index (κ2) is 7.87. The third-order valence-corrected chi connectivity index (χ3v) is 2.81. The SMILES string of the molecule is CN(CCCOc1cccc(C(=O)O)c1)CCC(F)(F)F. The molecule has 1 aromatic rings. The largest absolute Gasteiger partial charge is 0.494 e. The molecule has 4 nitrogen and oxygen atoms in total. The number of aromatic carboxylic acids is 1. The van der Waals surface area contributed by atoms with E-state index in [1.54, 1.807) is 24.1 Å². The van der Waals surface area contributed by atoms with Crippen molar-refractivity contribution in [2.75, 3.05) is 26.7 Å². The molecule has 0 fully saturated rings. The normalized spacial score (nSPS) is 11.7. The molecular formula is C14H18F3NO3. The third-order valence-electron chi connectivity index (χ3n) is 2.81. The molecule has 21 heavy (non-hydrogen) atoms. The zero-order valence-electron chi connectivity index (χ0n) is 11.7. The van der Waals surface area contributed by atoms with E-state index in [4.69, 9.17) is 9.84 Å². The summed E-state index contributed by atoms with van der Waals surface area (Å²) in [6, 6.07) is 6.09. The van der Waals surface area contributed by atoms with Gasteiger partial charge in [-0.25, -0.2) is 4.79 Å². The van der Waals surface area contributed by atoms with E-state index in [0.717, 1.165) is 0 Å². The van der Waals surface area contributed by atoms with Gasteiger partial charge in [-0.3, -0.25) is 0 Å². The maximum absolute atomic E-state index is 12.0. The van der Waals surface area contributed by atoms with E-state index in [-0.39, 0.29) is 12.1 Å². The Balaban J connectivity index is 2.25. The summed E-state index contributed by atoms with van der Waals surface area (Å²) in [6.07, 6.45) is -4.40. The molecule has 0 bridgehead atoms. The summed E-state index contributed by atoms with van der Waals surface area (Å²) in [5.41, 5.74) is 0.134. The number of ether oxygens (including phenoxy) is 1. The number of carbonyl (C=O) groups is 1. The Kier molecular flexibility index (Phi) is 6.48. The average molecular weight is 305 g/mol. The second-order valence-electron chi connectivity index (χ2n) is 4.70. The topological polar surface area (TPSA) is 49.8 Å². The van der Waals surface area contributed by atoms with Crippen LogP contribution in [0.2, 0.25) is 0 Å². The summed E-state index contributed by atoms with van der Waals surface area (Å²) in [4.78, 5) is 12.4. The summed E-state index contributed by atoms with van der Waals surface area (Å²) in [6.45, 7) is 0.756. The summed E-state index contributed by atoms with van der Waals surface area (Å²) in [5.74, 6) is -0.597. The minimum Gasteiger partial charge on any atom is -0.494 e. The number of hydrogen-bond donors (Lipinski definition) is 1. The molecule has 0 aromatic heterocycles. The van der Waals surface area contributed by atoms with Gasteiger partial charge in [-0.1, -0.05) is 6.07 Å². The van der Waals surface area contributed by atoms with Gasteiger partial charge in [0.25, 0.3) is 0 Å². The highest BCUT2D eigenvalue weighted by atomic mass is 19.4. The van der Waals surface area contributed by atoms with Crippen molar-refractivity contribution in [2.24, 2.45) is 0 Å². The van der Waals surface area contributed by atoms with Crippen molar-refractivity contribution in [1.29, 1.82) is 0 Å². The Bertz CT molecular complexity index is 463. The number of rotatable bonds is 8. The van der Waals surface area contributed by atoms with Gasteiger partial charge in [0.05, 0.1) is 18.6 Å². The van der Waals surface area contributed by atoms with Crippen LogP contribution in [0.5, 0.6) is 5.75 Å². The lowest BCUT2D eigenvalue weighted by molar-refractivity contribution is -0.137. The van der Waals surface area contributed by atoms with E-state index in [9.17, 15) is 18.0 Å². The van der Waals surface area contributed by atoms with Gasteiger partial charge < -0.3 is 14.7 Å². The fraction of sp³-hybridized carbons (Fsp3) is 0.500. The fourth-order valence-corrected chi connectivity index (χ4v) is 1.67. The second-order valence-corrected chi connectivity index (χ2v) is 4.70. The van der Waals surface area contributed by atoms with Gasteiger partial charge in [0, 0.05) is 13.1 Å². The first-order chi connectivity index (χ1) is 9.78. The number of benzene rings is 1. The molecule has 1 aromatic carbocycles. The molecule has 0 aliphatic carbocycles. The van der Waals surface area contributed by atoms with Gasteiger partial charge in [-0.15, -0.1) is 0 Å². The molecular weight excluding hydrogens is 287 g/mol. The molecule has 0 spiro atoms. The average Bonchev–Trinajstić information content (AvgIpc) is 2.41. The highest BCUT2D eigenvalue weighted by molar-refractivity contribution is 5.87. The van der Waals surface area contributed by atoms with Crippen LogP contribution in [0.3, 0.4) is 0 Å². The molecule has 0 atom stereocenters. The lowest BCUT2D eigenvalue weighted by Gasteiger charge is -2.17. The molecule has 1 N–H and O–H groups in total. The highest BCUT2D eigenvalue weighted by Gasteiger charge is 2.26. The van der Waals surface area contributed by atoms with Crippen LogP contribution < -0.4 is 4.74 Å². The smallest absolute Gasteiger partial charge is 0.390 e. The summed E-state index contributed by atoms with van der Waals surface area (Å²) in [7, 11) is 1.62. The molecule has 0 saturated carbocycles. The minimum atomic E-state index is -4.14. The first-order valence-corrected chi connectivity index (χ1v) is 6.49. The molecule has 7 heteroatoms. The van der Waals surface area contributed by atoms with Crippen LogP contribution in [-0.2, 0) is 0 Å². The number of alkyl halides is 3. The van der Waals surface area contributed by atoms with Crippen LogP contribution >= 0.6 is 0 Å². The number of nitrogens with zero attached hydrogens (tertiary/aromatic N) is 1. The quantitative estimate of drug-likeness (QED) is 0.750. The molecule has 0 unspecified atom stereocenters. The van der Waals surface area contributed by atoms with Crippen molar-refractivity contribution in [2.45, 2.75) is 19.0 Å². The van der Waals surface area contributed by atoms with E-state index in [2.05, 4.69) is 0 Å². The molecule has 0 radical (unpaired) electrons. The minimum absolute atomic E-state index is 0.0437. The highest BCUT2D eigenvalue weighted by Crippen LogP contribution is 2.19. The van der Waals surface area contributed by atoms with Gasteiger partial charge in [-0.2, -0.15) is 13.2 Å². The first-order valence-electron chi connectivity index (χ1n) is 6.49. The zero-order valence-corrected chi connectivity index (χ0v) is 11.7. The van der Waals surface area contributed by atoms with Crippen molar-refractivity contribution >= 4 is 5.97 Å². The van der Waals surface area contributed by atoms with Crippen molar-refractivity contribution in [3.05, 3.63) is 29.8 Å². The molecule has 0 aliphatic rings. The van der Waals surface area contributed by atoms with Crippen LogP contribution in [0, 0.1) is 0 Å². The Morgan fingerprint density at radius 3 is 2.67 bits per heavy atom. The van der Waals surface area contributed by atoms with E-state index < -0.39 is 18.6 Å². The number of hydrogen-bond acceptors (Lipinski definition) is 3. The monoisotopic (exact) mass is 305 g/mol. The maximum Gasteiger partial charge on any atom is 0.390 e. The Morgan fingerprint density at radius 1 is 1.33 bits per heavy atom. The maximum atomic E-state index is 12.0. The number of halogens is 3. The first kappa shape index (κ1) is 17.3. The molecule has 0 amide bonds. The van der Waals surface area contributed by atoms with Crippen LogP contribution in [0.25, 0.3) is 0 Å². The lowest BCUT2D eigenvalue weighted by Crippen LogP contribution is -2.26. The van der Waals surface area contributed by atoms with Gasteiger partial charge in [0.2, 0.25) is 0 Å². The molecule has 0 heterocycles. The predicted octanol–water partition coefficient (Wildman–Crippen LogP) is 3.04. The summed E-state index contributed by atoms with van der Waals surface area (Å²) >= 11 is 0. The van der Waals surface area contributed by atoms with E-state index in [1.807, 2.05) is 0 Å². The van der Waals surface area contributed by atoms with Crippen LogP contribution in [-0.4, -0.2) is 48.9 Å². The molecule has 1 rings (SSSR count). The van der Waals surface area contributed by atoms with E-state index in [1.165, 1.54) is 12.1 Å². The fourth-order valence-electron chi connectivity index (χ4n) is 1.67. The van der Waals surface area contributed by atoms with Crippen LogP contribution in [0.4, 0.5) is 13.2 Å². The predicted molar refractivity (Wildman–Crippen MR) is 71.7 cm³/mol. The Labute approximate surface area is 121 Å². The zero-order chi connectivity index (χ0) is 15.9. The standard InChI is InChI=1S/C14H18F3NO3/c1-18(8-6-14(15,16)17)7-3-9-21-12-5-2-4-11(10-12)13(19)20/h2,4-5,10H,3,6-9H2,1H3,(H,19,20). The lowest BCUT2D eigenvalue weighted by atomic mass is 10.2. The summed E-state index contributed by atoms with van der Waals surface area (Å²) < 4.78 is 41.5. The van der Waals surface area contributed by atoms with E-state index >= 15 is 0 Å². The summed E-state index contributed by atoms with van der Waals surface area (Å²) in [5, 5.41) is 8.82. The van der Waals surface area contributed by atoms with Crippen LogP contribution in [0.15, 0.2) is 24.3 Å². The Hall–Kier alpha value is -1.76. The van der Waals surface area contributed by atoms with Gasteiger partial charge >= 0.3 is 12.1 Å². The van der Waals surface area contributed by atoms with Crippen molar-refractivity contribution in [3.8, 4) is 5.75 Å². The molecule has 118 valence electrons. The number of carboxylic acids is 1. The van der Waals surface area contributed by atoms with Crippen LogP contribution in [0.1, 0.15) is 23.2 Å². The Morgan fingerprint density at radius 2 is 2.05 bits per heavy atom. The van der Waals surface area contributed by atoms with Crippen molar-refractivity contribution in [3.63, 3.8) is 0 Å². The van der Waals surface area contributed by atoms with Gasteiger partial charge in [-0.05, 0) is 31.7 Å². The molecule has 0 aliphatic heterocycles. The van der Waals surface area contributed by atoms with Crippen molar-refractivity contribution < 1.29 is 27.8 Å². The van der Waals surface area contributed by atoms with Gasteiger partial charge in [0.15, 0.2) is 0 Å². The molecule has 0 saturated heterocycles. The van der Waals surface area contributed by atoms with Gasteiger partial charge in [0.1, 0.15) is 5.75 Å². The number of carboxylic acid groups (broad SMARTS) is 1. The van der Waals surface area contributed by atoms with Crippen molar-refractivity contribution in [1.82, 2.24) is 4.90 Å².